The third-order valence-electron chi connectivity index (χ3n) is 4.54. The molecule has 0 radical (unpaired) electrons. The summed E-state index contributed by atoms with van der Waals surface area (Å²) < 4.78 is 18.1. The molecule has 0 aliphatic heterocycles. The minimum Gasteiger partial charge on any atom is -0.450 e. The molecule has 0 spiro atoms. The predicted molar refractivity (Wildman–Crippen MR) is 88.7 cm³/mol. The van der Waals surface area contributed by atoms with Gasteiger partial charge in [-0.05, 0) is 50.0 Å². The lowest BCUT2D eigenvalue weighted by Gasteiger charge is -2.28. The topological polar surface area (TPSA) is 64.4 Å². The van der Waals surface area contributed by atoms with Crippen LogP contribution in [-0.4, -0.2) is 24.9 Å². The van der Waals surface area contributed by atoms with Gasteiger partial charge >= 0.3 is 6.09 Å². The molecule has 1 atom stereocenters. The van der Waals surface area contributed by atoms with Crippen molar-refractivity contribution >= 4 is 6.09 Å². The van der Waals surface area contributed by atoms with Crippen molar-refractivity contribution < 1.29 is 13.9 Å². The fraction of sp³-hybridized carbons (Fsp3) is 0.611. The Morgan fingerprint density at radius 3 is 2.61 bits per heavy atom. The van der Waals surface area contributed by atoms with Crippen LogP contribution < -0.4 is 11.1 Å². The van der Waals surface area contributed by atoms with Gasteiger partial charge in [0.2, 0.25) is 0 Å². The van der Waals surface area contributed by atoms with E-state index in [0.717, 1.165) is 32.2 Å². The smallest absolute Gasteiger partial charge is 0.404 e. The molecule has 1 aliphatic rings. The number of nitrogens with one attached hydrogen (secondary N) is 1. The van der Waals surface area contributed by atoms with Crippen LogP contribution in [0.4, 0.5) is 9.18 Å². The van der Waals surface area contributed by atoms with Crippen molar-refractivity contribution in [2.24, 2.45) is 11.7 Å². The number of amides is 1. The number of alkyl halides is 1. The average molecular weight is 322 g/mol. The molecule has 5 heteroatoms. The van der Waals surface area contributed by atoms with Gasteiger partial charge in [0.15, 0.2) is 0 Å². The average Bonchev–Trinajstić information content (AvgIpc) is 2.55. The zero-order valence-corrected chi connectivity index (χ0v) is 13.5. The Balaban J connectivity index is 1.81. The molecule has 0 heterocycles. The van der Waals surface area contributed by atoms with Gasteiger partial charge in [-0.25, -0.2) is 9.18 Å². The van der Waals surface area contributed by atoms with E-state index >= 15 is 0 Å². The van der Waals surface area contributed by atoms with Gasteiger partial charge in [-0.3, -0.25) is 0 Å². The van der Waals surface area contributed by atoms with E-state index < -0.39 is 12.3 Å². The summed E-state index contributed by atoms with van der Waals surface area (Å²) in [7, 11) is 0. The second-order valence-electron chi connectivity index (χ2n) is 6.37. The quantitative estimate of drug-likeness (QED) is 0.769. The molecule has 0 saturated heterocycles. The second kappa shape index (κ2) is 9.50. The SMILES string of the molecule is NC(=O)OCC[C@H](CC1CCC(F)CC1)NCc1ccccc1. The number of ether oxygens (including phenoxy) is 1. The van der Waals surface area contributed by atoms with Crippen molar-refractivity contribution in [2.75, 3.05) is 6.61 Å². The molecule has 0 unspecified atom stereocenters. The van der Waals surface area contributed by atoms with Crippen molar-refractivity contribution in [1.82, 2.24) is 5.32 Å². The Kier molecular flexibility index (Phi) is 7.33. The molecule has 1 aromatic rings. The Bertz CT molecular complexity index is 461. The van der Waals surface area contributed by atoms with Crippen LogP contribution in [0.1, 0.15) is 44.1 Å². The van der Waals surface area contributed by atoms with Crippen LogP contribution in [0.25, 0.3) is 0 Å². The molecular weight excluding hydrogens is 295 g/mol. The molecule has 128 valence electrons. The van der Waals surface area contributed by atoms with Gasteiger partial charge in [-0.15, -0.1) is 0 Å². The molecule has 1 amide bonds. The summed E-state index contributed by atoms with van der Waals surface area (Å²) in [6, 6.07) is 10.4. The first kappa shape index (κ1) is 17.7. The number of rotatable bonds is 8. The van der Waals surface area contributed by atoms with Gasteiger partial charge in [0.25, 0.3) is 0 Å². The summed E-state index contributed by atoms with van der Waals surface area (Å²) in [6.45, 7) is 1.10. The maximum absolute atomic E-state index is 13.3. The summed E-state index contributed by atoms with van der Waals surface area (Å²) >= 11 is 0. The van der Waals surface area contributed by atoms with E-state index in [2.05, 4.69) is 17.4 Å². The number of benzene rings is 1. The van der Waals surface area contributed by atoms with Crippen LogP contribution in [0.5, 0.6) is 0 Å². The molecule has 23 heavy (non-hydrogen) atoms. The van der Waals surface area contributed by atoms with Crippen LogP contribution >= 0.6 is 0 Å². The predicted octanol–water partition coefficient (Wildman–Crippen LogP) is 3.55. The lowest BCUT2D eigenvalue weighted by atomic mass is 9.83. The van der Waals surface area contributed by atoms with E-state index in [1.165, 1.54) is 5.56 Å². The van der Waals surface area contributed by atoms with Crippen LogP contribution in [0.3, 0.4) is 0 Å². The van der Waals surface area contributed by atoms with Gasteiger partial charge in [0, 0.05) is 12.6 Å². The number of carbonyl (C=O) groups is 1. The lowest BCUT2D eigenvalue weighted by molar-refractivity contribution is 0.144. The monoisotopic (exact) mass is 322 g/mol. The molecule has 1 fully saturated rings. The van der Waals surface area contributed by atoms with Crippen LogP contribution in [0, 0.1) is 5.92 Å². The van der Waals surface area contributed by atoms with Crippen molar-refractivity contribution in [3.8, 4) is 0 Å². The van der Waals surface area contributed by atoms with E-state index in [9.17, 15) is 9.18 Å². The van der Waals surface area contributed by atoms with E-state index in [1.807, 2.05) is 18.2 Å². The highest BCUT2D eigenvalue weighted by Crippen LogP contribution is 2.30. The standard InChI is InChI=1S/C18H27FN2O2/c19-16-8-6-14(7-9-16)12-17(10-11-23-18(20)22)21-13-15-4-2-1-3-5-15/h1-5,14,16-17,21H,6-13H2,(H2,20,22)/t14?,16?,17-/m1/s1. The Morgan fingerprint density at radius 1 is 1.26 bits per heavy atom. The van der Waals surface area contributed by atoms with Crippen LogP contribution in [-0.2, 0) is 11.3 Å². The maximum Gasteiger partial charge on any atom is 0.404 e. The minimum absolute atomic E-state index is 0.246. The van der Waals surface area contributed by atoms with Gasteiger partial charge in [-0.2, -0.15) is 0 Å². The number of carbonyl (C=O) groups excluding carboxylic acids is 1. The van der Waals surface area contributed by atoms with Gasteiger partial charge < -0.3 is 15.8 Å². The maximum atomic E-state index is 13.3. The van der Waals surface area contributed by atoms with Gasteiger partial charge in [-0.1, -0.05) is 30.3 Å². The summed E-state index contributed by atoms with van der Waals surface area (Å²) in [4.78, 5) is 10.7. The molecule has 1 aromatic carbocycles. The molecule has 0 aromatic heterocycles. The number of hydrogen-bond acceptors (Lipinski definition) is 3. The van der Waals surface area contributed by atoms with Crippen molar-refractivity contribution in [2.45, 2.75) is 57.3 Å². The molecule has 1 saturated carbocycles. The normalized spacial score (nSPS) is 22.5. The molecule has 4 nitrogen and oxygen atoms in total. The van der Waals surface area contributed by atoms with Gasteiger partial charge in [0.1, 0.15) is 6.17 Å². The zero-order valence-electron chi connectivity index (χ0n) is 13.5. The Hall–Kier alpha value is -1.62. The summed E-state index contributed by atoms with van der Waals surface area (Å²) in [6.07, 6.45) is 3.60. The summed E-state index contributed by atoms with van der Waals surface area (Å²) in [5.74, 6) is 0.545. The Morgan fingerprint density at radius 2 is 1.96 bits per heavy atom. The van der Waals surface area contributed by atoms with E-state index in [4.69, 9.17) is 10.5 Å². The molecule has 3 N–H and O–H groups in total. The minimum atomic E-state index is -0.732. The first-order chi connectivity index (χ1) is 11.1. The number of hydrogen-bond donors (Lipinski definition) is 2. The van der Waals surface area contributed by atoms with Crippen LogP contribution in [0.15, 0.2) is 30.3 Å². The van der Waals surface area contributed by atoms with E-state index in [1.54, 1.807) is 0 Å². The number of halogens is 1. The van der Waals surface area contributed by atoms with E-state index in [-0.39, 0.29) is 6.04 Å². The third kappa shape index (κ3) is 6.99. The third-order valence-corrected chi connectivity index (χ3v) is 4.54. The first-order valence-corrected chi connectivity index (χ1v) is 8.47. The summed E-state index contributed by atoms with van der Waals surface area (Å²) in [5.41, 5.74) is 6.24. The van der Waals surface area contributed by atoms with E-state index in [0.29, 0.717) is 25.4 Å². The largest absolute Gasteiger partial charge is 0.450 e. The number of primary amides is 1. The highest BCUT2D eigenvalue weighted by molar-refractivity contribution is 5.64. The van der Waals surface area contributed by atoms with Crippen LogP contribution in [0.2, 0.25) is 0 Å². The molecular formula is C18H27FN2O2. The van der Waals surface area contributed by atoms with Crippen molar-refractivity contribution in [3.63, 3.8) is 0 Å². The van der Waals surface area contributed by atoms with Crippen molar-refractivity contribution in [3.05, 3.63) is 35.9 Å². The lowest BCUT2D eigenvalue weighted by Crippen LogP contribution is -2.33. The molecule has 2 rings (SSSR count). The Labute approximate surface area is 137 Å². The summed E-state index contributed by atoms with van der Waals surface area (Å²) in [5, 5.41) is 3.54. The fourth-order valence-electron chi connectivity index (χ4n) is 3.22. The zero-order chi connectivity index (χ0) is 16.5. The molecule has 0 bridgehead atoms. The van der Waals surface area contributed by atoms with Gasteiger partial charge in [0.05, 0.1) is 6.61 Å². The highest BCUT2D eigenvalue weighted by Gasteiger charge is 2.23. The van der Waals surface area contributed by atoms with Crippen molar-refractivity contribution in [1.29, 1.82) is 0 Å². The second-order valence-corrected chi connectivity index (χ2v) is 6.37. The number of nitrogens with two attached hydrogens (primary N) is 1. The fourth-order valence-corrected chi connectivity index (χ4v) is 3.22. The highest BCUT2D eigenvalue weighted by atomic mass is 19.1. The molecule has 1 aliphatic carbocycles. The first-order valence-electron chi connectivity index (χ1n) is 8.47.